The zero-order valence-electron chi connectivity index (χ0n) is 12.6. The molecule has 1 aliphatic heterocycles. The molecule has 2 unspecified atom stereocenters. The highest BCUT2D eigenvalue weighted by atomic mass is 16.3. The van der Waals surface area contributed by atoms with Gasteiger partial charge in [-0.1, -0.05) is 6.07 Å². The molecule has 1 fully saturated rings. The number of hydrogen-bond acceptors (Lipinski definition) is 6. The van der Waals surface area contributed by atoms with Crippen molar-refractivity contribution in [1.29, 1.82) is 0 Å². The quantitative estimate of drug-likeness (QED) is 0.427. The average Bonchev–Trinajstić information content (AvgIpc) is 2.53. The van der Waals surface area contributed by atoms with Crippen molar-refractivity contribution < 1.29 is 24.9 Å². The summed E-state index contributed by atoms with van der Waals surface area (Å²) in [6, 6.07) is 2.52. The van der Waals surface area contributed by atoms with Crippen LogP contribution >= 0.6 is 0 Å². The maximum atomic E-state index is 12.5. The normalized spacial score (nSPS) is 21.4. The molecule has 1 aliphatic rings. The number of nitrogens with one attached hydrogen (secondary N) is 1. The van der Waals surface area contributed by atoms with E-state index in [4.69, 9.17) is 5.73 Å². The summed E-state index contributed by atoms with van der Waals surface area (Å²) in [6.45, 7) is -0.0371. The summed E-state index contributed by atoms with van der Waals surface area (Å²) in [6.07, 6.45) is 1.02. The van der Waals surface area contributed by atoms with Gasteiger partial charge in [-0.3, -0.25) is 9.59 Å². The van der Waals surface area contributed by atoms with Gasteiger partial charge in [-0.05, 0) is 37.1 Å². The Morgan fingerprint density at radius 3 is 2.57 bits per heavy atom. The lowest BCUT2D eigenvalue weighted by molar-refractivity contribution is -0.151. The summed E-state index contributed by atoms with van der Waals surface area (Å²) in [4.78, 5) is 25.9. The molecule has 0 bridgehead atoms. The molecule has 2 atom stereocenters. The van der Waals surface area contributed by atoms with Gasteiger partial charge >= 0.3 is 0 Å². The van der Waals surface area contributed by atoms with E-state index in [1.807, 2.05) is 0 Å². The Kier molecular flexibility index (Phi) is 5.41. The first-order valence-corrected chi connectivity index (χ1v) is 7.40. The second-order valence-electron chi connectivity index (χ2n) is 5.48. The van der Waals surface area contributed by atoms with Crippen LogP contribution in [0.15, 0.2) is 18.2 Å². The number of piperazine rings is 1. The van der Waals surface area contributed by atoms with Gasteiger partial charge in [0.2, 0.25) is 11.8 Å². The van der Waals surface area contributed by atoms with Gasteiger partial charge < -0.3 is 31.3 Å². The first kappa shape index (κ1) is 17.0. The van der Waals surface area contributed by atoms with Crippen LogP contribution in [-0.2, 0) is 16.1 Å². The molecule has 0 spiro atoms. The van der Waals surface area contributed by atoms with Crippen LogP contribution in [0, 0.1) is 0 Å². The minimum absolute atomic E-state index is 0.0461. The topological polar surface area (TPSA) is 136 Å². The van der Waals surface area contributed by atoms with Gasteiger partial charge in [-0.25, -0.2) is 0 Å². The van der Waals surface area contributed by atoms with Crippen LogP contribution < -0.4 is 11.1 Å². The molecule has 1 aromatic carbocycles. The van der Waals surface area contributed by atoms with Crippen molar-refractivity contribution in [3.8, 4) is 11.5 Å². The number of amides is 2. The number of aliphatic hydroxyl groups is 1. The zero-order chi connectivity index (χ0) is 17.0. The van der Waals surface area contributed by atoms with Crippen molar-refractivity contribution in [3.05, 3.63) is 23.8 Å². The van der Waals surface area contributed by atoms with Crippen molar-refractivity contribution >= 4 is 11.8 Å². The predicted octanol–water partition coefficient (Wildman–Crippen LogP) is -0.975. The molecule has 0 aliphatic carbocycles. The first-order chi connectivity index (χ1) is 11.0. The number of carbonyl (C=O) groups excluding carboxylic acids is 2. The van der Waals surface area contributed by atoms with Crippen LogP contribution in [0.2, 0.25) is 0 Å². The molecule has 8 nitrogen and oxygen atoms in total. The van der Waals surface area contributed by atoms with E-state index < -0.39 is 24.6 Å². The van der Waals surface area contributed by atoms with Crippen LogP contribution in [0.1, 0.15) is 18.4 Å². The molecule has 1 saturated heterocycles. The second kappa shape index (κ2) is 7.30. The smallest absolute Gasteiger partial charge is 0.246 e. The van der Waals surface area contributed by atoms with Crippen molar-refractivity contribution in [2.45, 2.75) is 31.5 Å². The number of benzene rings is 1. The second-order valence-corrected chi connectivity index (χ2v) is 5.48. The number of phenols is 2. The van der Waals surface area contributed by atoms with E-state index in [1.165, 1.54) is 23.1 Å². The van der Waals surface area contributed by atoms with Crippen LogP contribution in [0.3, 0.4) is 0 Å². The molecule has 1 heterocycles. The highest BCUT2D eigenvalue weighted by Crippen LogP contribution is 2.26. The summed E-state index contributed by atoms with van der Waals surface area (Å²) in [7, 11) is 0. The number of nitrogens with two attached hydrogens (primary N) is 1. The Hall–Kier alpha value is -2.32. The number of phenolic OH excluding ortho intramolecular Hbond substituents is 2. The molecule has 0 radical (unpaired) electrons. The van der Waals surface area contributed by atoms with E-state index in [0.29, 0.717) is 24.9 Å². The summed E-state index contributed by atoms with van der Waals surface area (Å²) >= 11 is 0. The van der Waals surface area contributed by atoms with Crippen molar-refractivity contribution in [2.24, 2.45) is 5.73 Å². The Bertz CT molecular complexity index is 592. The van der Waals surface area contributed by atoms with Crippen molar-refractivity contribution in [1.82, 2.24) is 10.2 Å². The molecule has 6 N–H and O–H groups in total. The minimum atomic E-state index is -0.979. The monoisotopic (exact) mass is 323 g/mol. The number of hydrogen-bond donors (Lipinski definition) is 5. The largest absolute Gasteiger partial charge is 0.504 e. The molecule has 0 aromatic heterocycles. The lowest BCUT2D eigenvalue weighted by Gasteiger charge is -2.38. The lowest BCUT2D eigenvalue weighted by atomic mass is 10.0. The molecular weight excluding hydrogens is 302 g/mol. The number of rotatable bonds is 6. The van der Waals surface area contributed by atoms with E-state index in [2.05, 4.69) is 5.32 Å². The maximum absolute atomic E-state index is 12.5. The first-order valence-electron chi connectivity index (χ1n) is 7.40. The number of aliphatic hydroxyl groups excluding tert-OH is 1. The highest BCUT2D eigenvalue weighted by molar-refractivity contribution is 5.97. The molecule has 1 aromatic rings. The summed E-state index contributed by atoms with van der Waals surface area (Å²) < 4.78 is 0. The van der Waals surface area contributed by atoms with Crippen molar-refractivity contribution in [2.75, 3.05) is 13.2 Å². The molecule has 23 heavy (non-hydrogen) atoms. The third-order valence-electron chi connectivity index (χ3n) is 3.84. The van der Waals surface area contributed by atoms with Crippen LogP contribution in [0.25, 0.3) is 0 Å². The summed E-state index contributed by atoms with van der Waals surface area (Å²) in [5, 5.41) is 30.9. The summed E-state index contributed by atoms with van der Waals surface area (Å²) in [5.74, 6) is -1.30. The van der Waals surface area contributed by atoms with Crippen LogP contribution in [0.4, 0.5) is 0 Å². The SMILES string of the molecule is NCCCC1NC(=O)C(CO)N(Cc2ccc(O)c(O)c2)C1=O. The highest BCUT2D eigenvalue weighted by Gasteiger charge is 2.39. The number of nitrogens with zero attached hydrogens (tertiary/aromatic N) is 1. The third-order valence-corrected chi connectivity index (χ3v) is 3.84. The van der Waals surface area contributed by atoms with Gasteiger partial charge in [-0.2, -0.15) is 0 Å². The van der Waals surface area contributed by atoms with Gasteiger partial charge in [0.1, 0.15) is 12.1 Å². The Labute approximate surface area is 133 Å². The fraction of sp³-hybridized carbons (Fsp3) is 0.467. The Morgan fingerprint density at radius 2 is 1.96 bits per heavy atom. The van der Waals surface area contributed by atoms with E-state index in [0.717, 1.165) is 0 Å². The van der Waals surface area contributed by atoms with Gasteiger partial charge in [0.05, 0.1) is 6.61 Å². The molecule has 8 heteroatoms. The third kappa shape index (κ3) is 3.72. The molecule has 2 rings (SSSR count). The fourth-order valence-corrected chi connectivity index (χ4v) is 2.58. The van der Waals surface area contributed by atoms with Crippen molar-refractivity contribution in [3.63, 3.8) is 0 Å². The Balaban J connectivity index is 2.21. The van der Waals surface area contributed by atoms with Crippen LogP contribution in [-0.4, -0.2) is 57.3 Å². The number of carbonyl (C=O) groups is 2. The minimum Gasteiger partial charge on any atom is -0.504 e. The zero-order valence-corrected chi connectivity index (χ0v) is 12.6. The maximum Gasteiger partial charge on any atom is 0.246 e. The molecule has 2 amide bonds. The standard InChI is InChI=1S/C15H21N3O5/c16-5-1-2-10-15(23)18(11(8-19)14(22)17-10)7-9-3-4-12(20)13(21)6-9/h3-4,6,10-11,19-21H,1-2,5,7-8,16H2,(H,17,22). The average molecular weight is 323 g/mol. The van der Waals surface area contributed by atoms with Gasteiger partial charge in [-0.15, -0.1) is 0 Å². The number of aromatic hydroxyl groups is 2. The summed E-state index contributed by atoms with van der Waals surface area (Å²) in [5.41, 5.74) is 5.98. The van der Waals surface area contributed by atoms with Gasteiger partial charge in [0.15, 0.2) is 11.5 Å². The van der Waals surface area contributed by atoms with Gasteiger partial charge in [0.25, 0.3) is 0 Å². The van der Waals surface area contributed by atoms with Gasteiger partial charge in [0, 0.05) is 6.54 Å². The predicted molar refractivity (Wildman–Crippen MR) is 81.4 cm³/mol. The van der Waals surface area contributed by atoms with E-state index in [1.54, 1.807) is 0 Å². The molecule has 126 valence electrons. The van der Waals surface area contributed by atoms with E-state index in [9.17, 15) is 24.9 Å². The van der Waals surface area contributed by atoms with E-state index in [-0.39, 0.29) is 24.0 Å². The van der Waals surface area contributed by atoms with E-state index >= 15 is 0 Å². The fourth-order valence-electron chi connectivity index (χ4n) is 2.58. The lowest BCUT2D eigenvalue weighted by Crippen LogP contribution is -2.64. The molecular formula is C15H21N3O5. The van der Waals surface area contributed by atoms with Crippen LogP contribution in [0.5, 0.6) is 11.5 Å². The Morgan fingerprint density at radius 1 is 1.22 bits per heavy atom. The molecule has 0 saturated carbocycles.